The number of nitriles is 1. The standard InChI is InChI=1S/C22H22N2O2/c1-24-21-13-19(12-18-6-3-9-25-18)26-22-8-7-17(11-20(21)22)16-5-2-4-15(10-16)14-23/h2,4-5,7-8,10-11,18-19H,3,6,9,12-13H2,1H3/b24-21+. The molecule has 1 fully saturated rings. The summed E-state index contributed by atoms with van der Waals surface area (Å²) in [5.41, 5.74) is 4.90. The van der Waals surface area contributed by atoms with Crippen LogP contribution in [0.5, 0.6) is 5.75 Å². The van der Waals surface area contributed by atoms with E-state index in [0.717, 1.165) is 60.4 Å². The number of nitrogens with zero attached hydrogens (tertiary/aromatic N) is 2. The number of ether oxygens (including phenoxy) is 2. The minimum absolute atomic E-state index is 0.122. The SMILES string of the molecule is C/N=C1\CC(CC2CCCO2)Oc2ccc(-c3cccc(C#N)c3)cc21. The van der Waals surface area contributed by atoms with E-state index in [9.17, 15) is 0 Å². The first-order chi connectivity index (χ1) is 12.8. The van der Waals surface area contributed by atoms with E-state index in [1.54, 1.807) is 0 Å². The Morgan fingerprint density at radius 2 is 2.04 bits per heavy atom. The summed E-state index contributed by atoms with van der Waals surface area (Å²) < 4.78 is 12.0. The predicted octanol–water partition coefficient (Wildman–Crippen LogP) is 4.36. The molecule has 2 aromatic rings. The summed E-state index contributed by atoms with van der Waals surface area (Å²) >= 11 is 0. The summed E-state index contributed by atoms with van der Waals surface area (Å²) in [4.78, 5) is 4.53. The van der Waals surface area contributed by atoms with Crippen LogP contribution in [0, 0.1) is 11.3 Å². The summed E-state index contributed by atoms with van der Waals surface area (Å²) in [7, 11) is 1.84. The first-order valence-electron chi connectivity index (χ1n) is 9.15. The summed E-state index contributed by atoms with van der Waals surface area (Å²) in [6.07, 6.45) is 4.44. The number of fused-ring (bicyclic) bond motifs is 1. The molecule has 4 nitrogen and oxygen atoms in total. The fraction of sp³-hybridized carbons (Fsp3) is 0.364. The number of hydrogen-bond acceptors (Lipinski definition) is 4. The molecule has 2 unspecified atom stereocenters. The molecule has 2 atom stereocenters. The Labute approximate surface area is 154 Å². The van der Waals surface area contributed by atoms with Gasteiger partial charge in [0, 0.05) is 37.8 Å². The van der Waals surface area contributed by atoms with E-state index in [0.29, 0.717) is 11.7 Å². The minimum atomic E-state index is 0.122. The first-order valence-corrected chi connectivity index (χ1v) is 9.15. The molecule has 0 N–H and O–H groups in total. The van der Waals surface area contributed by atoms with Crippen LogP contribution in [0.25, 0.3) is 11.1 Å². The van der Waals surface area contributed by atoms with Crippen LogP contribution in [0.3, 0.4) is 0 Å². The van der Waals surface area contributed by atoms with Gasteiger partial charge in [-0.05, 0) is 48.2 Å². The van der Waals surface area contributed by atoms with E-state index in [4.69, 9.17) is 14.7 Å². The van der Waals surface area contributed by atoms with E-state index in [1.165, 1.54) is 0 Å². The highest BCUT2D eigenvalue weighted by Gasteiger charge is 2.29. The second-order valence-corrected chi connectivity index (χ2v) is 6.89. The number of hydrogen-bond donors (Lipinski definition) is 0. The lowest BCUT2D eigenvalue weighted by molar-refractivity contribution is 0.0635. The van der Waals surface area contributed by atoms with Gasteiger partial charge in [-0.15, -0.1) is 0 Å². The second kappa shape index (κ2) is 7.31. The molecule has 0 amide bonds. The van der Waals surface area contributed by atoms with E-state index in [-0.39, 0.29) is 6.10 Å². The average Bonchev–Trinajstić information content (AvgIpc) is 3.20. The summed E-state index contributed by atoms with van der Waals surface area (Å²) in [5, 5.41) is 9.13. The van der Waals surface area contributed by atoms with Crippen LogP contribution < -0.4 is 4.74 Å². The summed E-state index contributed by atoms with van der Waals surface area (Å²) in [6.45, 7) is 0.869. The normalized spacial score (nSPS) is 23.3. The third-order valence-electron chi connectivity index (χ3n) is 5.15. The number of benzene rings is 2. The van der Waals surface area contributed by atoms with Crippen LogP contribution in [0.2, 0.25) is 0 Å². The molecule has 2 heterocycles. The zero-order valence-corrected chi connectivity index (χ0v) is 14.9. The molecule has 26 heavy (non-hydrogen) atoms. The molecule has 2 aromatic carbocycles. The van der Waals surface area contributed by atoms with Crippen LogP contribution in [0.4, 0.5) is 0 Å². The maximum absolute atomic E-state index is 9.13. The molecular weight excluding hydrogens is 324 g/mol. The van der Waals surface area contributed by atoms with Crippen molar-refractivity contribution in [1.29, 1.82) is 5.26 Å². The maximum atomic E-state index is 9.13. The van der Waals surface area contributed by atoms with Gasteiger partial charge in [0.1, 0.15) is 11.9 Å². The largest absolute Gasteiger partial charge is 0.489 e. The molecule has 2 aliphatic rings. The lowest BCUT2D eigenvalue weighted by Crippen LogP contribution is -2.30. The quantitative estimate of drug-likeness (QED) is 0.829. The molecule has 4 heteroatoms. The van der Waals surface area contributed by atoms with Gasteiger partial charge >= 0.3 is 0 Å². The smallest absolute Gasteiger partial charge is 0.128 e. The van der Waals surface area contributed by atoms with Crippen molar-refractivity contribution in [1.82, 2.24) is 0 Å². The van der Waals surface area contributed by atoms with E-state index >= 15 is 0 Å². The Morgan fingerprint density at radius 1 is 1.15 bits per heavy atom. The molecular formula is C22H22N2O2. The Balaban J connectivity index is 1.62. The van der Waals surface area contributed by atoms with Crippen molar-refractivity contribution in [2.45, 2.75) is 37.9 Å². The van der Waals surface area contributed by atoms with Crippen molar-refractivity contribution in [3.8, 4) is 22.9 Å². The van der Waals surface area contributed by atoms with Gasteiger partial charge in [-0.1, -0.05) is 18.2 Å². The molecule has 0 saturated carbocycles. The van der Waals surface area contributed by atoms with Gasteiger partial charge in [-0.2, -0.15) is 5.26 Å². The van der Waals surface area contributed by atoms with Crippen LogP contribution in [0.15, 0.2) is 47.5 Å². The first kappa shape index (κ1) is 16.8. The van der Waals surface area contributed by atoms with Gasteiger partial charge < -0.3 is 9.47 Å². The molecule has 0 bridgehead atoms. The Kier molecular flexibility index (Phi) is 4.73. The molecule has 132 valence electrons. The fourth-order valence-corrected chi connectivity index (χ4v) is 3.82. The zero-order chi connectivity index (χ0) is 17.9. The van der Waals surface area contributed by atoms with E-state index in [1.807, 2.05) is 37.4 Å². The highest BCUT2D eigenvalue weighted by atomic mass is 16.5. The highest BCUT2D eigenvalue weighted by Crippen LogP contribution is 2.34. The molecule has 0 radical (unpaired) electrons. The average molecular weight is 346 g/mol. The van der Waals surface area contributed by atoms with Crippen molar-refractivity contribution in [3.63, 3.8) is 0 Å². The molecule has 0 aromatic heterocycles. The lowest BCUT2D eigenvalue weighted by Gasteiger charge is -2.29. The maximum Gasteiger partial charge on any atom is 0.128 e. The number of rotatable bonds is 3. The molecule has 0 spiro atoms. The lowest BCUT2D eigenvalue weighted by atomic mass is 9.93. The zero-order valence-electron chi connectivity index (χ0n) is 14.9. The highest BCUT2D eigenvalue weighted by molar-refractivity contribution is 6.05. The molecule has 4 rings (SSSR count). The molecule has 1 saturated heterocycles. The van der Waals surface area contributed by atoms with Crippen molar-refractivity contribution >= 4 is 5.71 Å². The van der Waals surface area contributed by atoms with Gasteiger partial charge in [0.15, 0.2) is 0 Å². The van der Waals surface area contributed by atoms with Crippen molar-refractivity contribution in [2.24, 2.45) is 4.99 Å². The van der Waals surface area contributed by atoms with Gasteiger partial charge in [-0.3, -0.25) is 4.99 Å². The van der Waals surface area contributed by atoms with Crippen molar-refractivity contribution in [2.75, 3.05) is 13.7 Å². The van der Waals surface area contributed by atoms with E-state index < -0.39 is 0 Å². The Hall–Kier alpha value is -2.64. The Morgan fingerprint density at radius 3 is 2.81 bits per heavy atom. The molecule has 0 aliphatic carbocycles. The topological polar surface area (TPSA) is 54.6 Å². The third-order valence-corrected chi connectivity index (χ3v) is 5.15. The summed E-state index contributed by atoms with van der Waals surface area (Å²) in [6, 6.07) is 16.1. The van der Waals surface area contributed by atoms with E-state index in [2.05, 4.69) is 23.2 Å². The minimum Gasteiger partial charge on any atom is -0.489 e. The third kappa shape index (κ3) is 3.36. The monoisotopic (exact) mass is 346 g/mol. The fourth-order valence-electron chi connectivity index (χ4n) is 3.82. The Bertz CT molecular complexity index is 876. The molecule has 2 aliphatic heterocycles. The predicted molar refractivity (Wildman–Crippen MR) is 102 cm³/mol. The second-order valence-electron chi connectivity index (χ2n) is 6.89. The van der Waals surface area contributed by atoms with Crippen LogP contribution in [-0.4, -0.2) is 31.6 Å². The van der Waals surface area contributed by atoms with Crippen LogP contribution >= 0.6 is 0 Å². The van der Waals surface area contributed by atoms with Gasteiger partial charge in [0.05, 0.1) is 17.7 Å². The van der Waals surface area contributed by atoms with Gasteiger partial charge in [-0.25, -0.2) is 0 Å². The summed E-state index contributed by atoms with van der Waals surface area (Å²) in [5.74, 6) is 0.889. The van der Waals surface area contributed by atoms with Gasteiger partial charge in [0.2, 0.25) is 0 Å². The number of aliphatic imine (C=N–C) groups is 1. The van der Waals surface area contributed by atoms with Crippen LogP contribution in [0.1, 0.15) is 36.8 Å². The van der Waals surface area contributed by atoms with Crippen molar-refractivity contribution in [3.05, 3.63) is 53.6 Å². The van der Waals surface area contributed by atoms with Crippen molar-refractivity contribution < 1.29 is 9.47 Å². The van der Waals surface area contributed by atoms with Crippen LogP contribution in [-0.2, 0) is 4.74 Å². The van der Waals surface area contributed by atoms with Gasteiger partial charge in [0.25, 0.3) is 0 Å².